The van der Waals surface area contributed by atoms with E-state index in [9.17, 15) is 9.90 Å². The quantitative estimate of drug-likeness (QED) is 0.694. The van der Waals surface area contributed by atoms with Crippen molar-refractivity contribution in [2.75, 3.05) is 20.2 Å². The van der Waals surface area contributed by atoms with Gasteiger partial charge in [-0.1, -0.05) is 6.07 Å². The Balaban J connectivity index is 1.52. The zero-order valence-corrected chi connectivity index (χ0v) is 16.3. The molecule has 0 bridgehead atoms. The van der Waals surface area contributed by atoms with Crippen LogP contribution < -0.4 is 10.3 Å². The van der Waals surface area contributed by atoms with Crippen LogP contribution in [0.3, 0.4) is 0 Å². The Kier molecular flexibility index (Phi) is 5.57. The number of hydrogen-bond acceptors (Lipinski definition) is 6. The van der Waals surface area contributed by atoms with Crippen LogP contribution in [0.15, 0.2) is 53.6 Å². The van der Waals surface area contributed by atoms with E-state index in [4.69, 9.17) is 9.72 Å². The van der Waals surface area contributed by atoms with Gasteiger partial charge in [-0.2, -0.15) is 0 Å². The summed E-state index contributed by atoms with van der Waals surface area (Å²) in [6, 6.07) is 10.8. The van der Waals surface area contributed by atoms with Gasteiger partial charge < -0.3 is 14.8 Å². The van der Waals surface area contributed by atoms with E-state index < -0.39 is 0 Å². The second kappa shape index (κ2) is 8.45. The van der Waals surface area contributed by atoms with E-state index in [2.05, 4.69) is 14.9 Å². The number of ether oxygens (including phenoxy) is 1. The zero-order valence-electron chi connectivity index (χ0n) is 16.3. The Labute approximate surface area is 169 Å². The lowest BCUT2D eigenvalue weighted by molar-refractivity contribution is 0.198. The van der Waals surface area contributed by atoms with Gasteiger partial charge in [0.1, 0.15) is 5.82 Å². The second-order valence-corrected chi connectivity index (χ2v) is 7.34. The normalized spacial score (nSPS) is 17.2. The number of aromatic amines is 1. The molecule has 29 heavy (non-hydrogen) atoms. The maximum atomic E-state index is 12.2. The molecule has 150 valence electrons. The van der Waals surface area contributed by atoms with Gasteiger partial charge in [0.15, 0.2) is 11.5 Å². The largest absolute Gasteiger partial charge is 0.504 e. The van der Waals surface area contributed by atoms with Crippen molar-refractivity contribution < 1.29 is 9.84 Å². The van der Waals surface area contributed by atoms with Gasteiger partial charge in [0.05, 0.1) is 12.8 Å². The second-order valence-electron chi connectivity index (χ2n) is 7.34. The van der Waals surface area contributed by atoms with Gasteiger partial charge in [-0.05, 0) is 49.2 Å². The molecule has 2 aromatic heterocycles. The lowest BCUT2D eigenvalue weighted by atomic mass is 9.94. The number of piperidine rings is 1. The first-order chi connectivity index (χ1) is 14.1. The van der Waals surface area contributed by atoms with E-state index in [0.717, 1.165) is 49.3 Å². The third-order valence-corrected chi connectivity index (χ3v) is 5.29. The summed E-state index contributed by atoms with van der Waals surface area (Å²) >= 11 is 0. The maximum absolute atomic E-state index is 12.2. The van der Waals surface area contributed by atoms with Crippen LogP contribution >= 0.6 is 0 Å². The highest BCUT2D eigenvalue weighted by molar-refractivity contribution is 5.53. The van der Waals surface area contributed by atoms with Crippen molar-refractivity contribution in [2.24, 2.45) is 0 Å². The predicted octanol–water partition coefficient (Wildman–Crippen LogP) is 2.93. The molecule has 3 aromatic rings. The molecular weight excluding hydrogens is 368 g/mol. The first-order valence-electron chi connectivity index (χ1n) is 9.72. The predicted molar refractivity (Wildman–Crippen MR) is 110 cm³/mol. The number of benzene rings is 1. The number of aromatic nitrogens is 3. The van der Waals surface area contributed by atoms with Crippen molar-refractivity contribution in [3.63, 3.8) is 0 Å². The van der Waals surface area contributed by atoms with E-state index >= 15 is 0 Å². The topological polar surface area (TPSA) is 91.3 Å². The third-order valence-electron chi connectivity index (χ3n) is 5.29. The highest BCUT2D eigenvalue weighted by atomic mass is 16.5. The molecular formula is C22H24N4O3. The molecule has 0 radical (unpaired) electrons. The zero-order chi connectivity index (χ0) is 20.2. The van der Waals surface area contributed by atoms with Crippen LogP contribution in [0.1, 0.15) is 30.0 Å². The van der Waals surface area contributed by atoms with Gasteiger partial charge in [0.25, 0.3) is 5.56 Å². The van der Waals surface area contributed by atoms with Gasteiger partial charge in [-0.3, -0.25) is 14.7 Å². The van der Waals surface area contributed by atoms with E-state index in [1.54, 1.807) is 37.7 Å². The first kappa shape index (κ1) is 19.1. The molecule has 3 heterocycles. The fourth-order valence-corrected chi connectivity index (χ4v) is 3.86. The number of nitrogens with zero attached hydrogens (tertiary/aromatic N) is 3. The fourth-order valence-electron chi connectivity index (χ4n) is 3.86. The first-order valence-corrected chi connectivity index (χ1v) is 9.72. The van der Waals surface area contributed by atoms with Crippen molar-refractivity contribution in [2.45, 2.75) is 25.3 Å². The number of phenols is 1. The summed E-state index contributed by atoms with van der Waals surface area (Å²) < 4.78 is 5.12. The fraction of sp³-hybridized carbons (Fsp3) is 0.318. The molecule has 1 aliphatic heterocycles. The number of phenolic OH excluding ortho intramolecular Hbond substituents is 1. The summed E-state index contributed by atoms with van der Waals surface area (Å²) in [6.45, 7) is 2.52. The Morgan fingerprint density at radius 1 is 1.24 bits per heavy atom. The molecule has 2 N–H and O–H groups in total. The Hall–Kier alpha value is -3.19. The van der Waals surface area contributed by atoms with Gasteiger partial charge in [0.2, 0.25) is 0 Å². The number of H-pyrrole nitrogens is 1. The van der Waals surface area contributed by atoms with Crippen LogP contribution in [0.5, 0.6) is 11.5 Å². The van der Waals surface area contributed by atoms with Crippen molar-refractivity contribution in [3.05, 3.63) is 70.4 Å². The Morgan fingerprint density at radius 2 is 2.07 bits per heavy atom. The SMILES string of the molecule is COc1ccc(CN2CCCC(c3cc(=O)[nH]c(-c4ccncc4)n3)C2)cc1O. The molecule has 1 aliphatic rings. The van der Waals surface area contributed by atoms with Gasteiger partial charge in [0, 0.05) is 43.0 Å². The van der Waals surface area contributed by atoms with Crippen molar-refractivity contribution in [3.8, 4) is 22.9 Å². The minimum absolute atomic E-state index is 0.140. The Bertz CT molecular complexity index is 1040. The highest BCUT2D eigenvalue weighted by Gasteiger charge is 2.23. The van der Waals surface area contributed by atoms with Crippen LogP contribution in [0, 0.1) is 0 Å². The maximum Gasteiger partial charge on any atom is 0.251 e. The van der Waals surface area contributed by atoms with Crippen LogP contribution in [0.2, 0.25) is 0 Å². The molecule has 0 aliphatic carbocycles. The summed E-state index contributed by atoms with van der Waals surface area (Å²) in [5.41, 5.74) is 2.56. The lowest BCUT2D eigenvalue weighted by Crippen LogP contribution is -2.34. The van der Waals surface area contributed by atoms with Crippen molar-refractivity contribution >= 4 is 0 Å². The summed E-state index contributed by atoms with van der Waals surface area (Å²) in [4.78, 5) is 26.2. The smallest absolute Gasteiger partial charge is 0.251 e. The van der Waals surface area contributed by atoms with Crippen LogP contribution in [-0.4, -0.2) is 45.2 Å². The summed E-state index contributed by atoms with van der Waals surface area (Å²) in [5, 5.41) is 10.0. The molecule has 0 spiro atoms. The molecule has 0 saturated carbocycles. The van der Waals surface area contributed by atoms with Gasteiger partial charge >= 0.3 is 0 Å². The molecule has 4 rings (SSSR count). The van der Waals surface area contributed by atoms with Crippen LogP contribution in [0.25, 0.3) is 11.4 Å². The average Bonchev–Trinajstić information content (AvgIpc) is 2.74. The van der Waals surface area contributed by atoms with E-state index in [-0.39, 0.29) is 17.2 Å². The van der Waals surface area contributed by atoms with E-state index in [1.807, 2.05) is 18.2 Å². The number of methoxy groups -OCH3 is 1. The van der Waals surface area contributed by atoms with Gasteiger partial charge in [-0.15, -0.1) is 0 Å². The molecule has 7 nitrogen and oxygen atoms in total. The molecule has 1 saturated heterocycles. The molecule has 0 amide bonds. The summed E-state index contributed by atoms with van der Waals surface area (Å²) in [7, 11) is 1.54. The number of nitrogens with one attached hydrogen (secondary N) is 1. The minimum atomic E-state index is -0.140. The van der Waals surface area contributed by atoms with Crippen molar-refractivity contribution in [1.82, 2.24) is 19.9 Å². The summed E-state index contributed by atoms with van der Waals surface area (Å²) in [6.07, 6.45) is 5.41. The van der Waals surface area contributed by atoms with Crippen LogP contribution in [-0.2, 0) is 6.54 Å². The number of aromatic hydroxyl groups is 1. The van der Waals surface area contributed by atoms with Gasteiger partial charge in [-0.25, -0.2) is 4.98 Å². The number of rotatable bonds is 5. The third kappa shape index (κ3) is 4.46. The Morgan fingerprint density at radius 3 is 2.83 bits per heavy atom. The molecule has 7 heteroatoms. The number of likely N-dealkylation sites (tertiary alicyclic amines) is 1. The highest BCUT2D eigenvalue weighted by Crippen LogP contribution is 2.30. The molecule has 1 unspecified atom stereocenters. The molecule has 1 fully saturated rings. The molecule has 1 atom stereocenters. The number of pyridine rings is 1. The monoisotopic (exact) mass is 392 g/mol. The van der Waals surface area contributed by atoms with E-state index in [0.29, 0.717) is 11.6 Å². The molecule has 1 aromatic carbocycles. The summed E-state index contributed by atoms with van der Waals surface area (Å²) in [5.74, 6) is 1.39. The lowest BCUT2D eigenvalue weighted by Gasteiger charge is -2.32. The van der Waals surface area contributed by atoms with Crippen LogP contribution in [0.4, 0.5) is 0 Å². The minimum Gasteiger partial charge on any atom is -0.504 e. The van der Waals surface area contributed by atoms with E-state index in [1.165, 1.54) is 0 Å². The average molecular weight is 392 g/mol. The van der Waals surface area contributed by atoms with Crippen molar-refractivity contribution in [1.29, 1.82) is 0 Å². The number of hydrogen-bond donors (Lipinski definition) is 2. The standard InChI is InChI=1S/C22H24N4O3/c1-29-20-5-4-15(11-19(20)27)13-26-10-2-3-17(14-26)18-12-21(28)25-22(24-18)16-6-8-23-9-7-16/h4-9,11-12,17,27H,2-3,10,13-14H2,1H3,(H,24,25,28).